The molecule has 25 heavy (non-hydrogen) atoms. The number of hydrogen-bond acceptors (Lipinski definition) is 6. The Labute approximate surface area is 151 Å². The first-order chi connectivity index (χ1) is 12.0. The summed E-state index contributed by atoms with van der Waals surface area (Å²) in [6.07, 6.45) is 2.75. The van der Waals surface area contributed by atoms with Gasteiger partial charge in [0.1, 0.15) is 6.54 Å². The molecule has 1 N–H and O–H groups in total. The second-order valence-electron chi connectivity index (χ2n) is 4.94. The molecule has 1 amide bonds. The predicted octanol–water partition coefficient (Wildman–Crippen LogP) is 3.56. The number of carbonyl (C=O) groups is 1. The van der Waals surface area contributed by atoms with Crippen molar-refractivity contribution in [2.45, 2.75) is 6.54 Å². The molecular weight excluding hydrogens is 369 g/mol. The Balaban J connectivity index is 2.05. The lowest BCUT2D eigenvalue weighted by atomic mass is 10.2. The zero-order valence-electron chi connectivity index (χ0n) is 12.9. The number of fused-ring (bicyclic) bond motifs is 1. The number of hydrogen-bond donors (Lipinski definition) is 1. The van der Waals surface area contributed by atoms with Crippen LogP contribution in [0, 0.1) is 4.91 Å². The highest BCUT2D eigenvalue weighted by atomic mass is 35.5. The minimum Gasteiger partial charge on any atom is -0.481 e. The number of pyridine rings is 2. The minimum atomic E-state index is -0.451. The number of methoxy groups -OCH3 is 1. The molecule has 0 aliphatic carbocycles. The van der Waals surface area contributed by atoms with Gasteiger partial charge in [0.05, 0.1) is 39.6 Å². The third-order valence-electron chi connectivity index (χ3n) is 3.41. The maximum Gasteiger partial charge on any atom is 0.257 e. The Hall–Kier alpha value is -2.71. The number of amides is 1. The molecule has 3 aromatic heterocycles. The summed E-state index contributed by atoms with van der Waals surface area (Å²) in [6.45, 7) is -0.117. The third kappa shape index (κ3) is 3.26. The van der Waals surface area contributed by atoms with Crippen molar-refractivity contribution in [1.29, 1.82) is 0 Å². The predicted molar refractivity (Wildman–Crippen MR) is 93.5 cm³/mol. The van der Waals surface area contributed by atoms with Crippen molar-refractivity contribution < 1.29 is 9.53 Å². The third-order valence-corrected chi connectivity index (χ3v) is 3.98. The zero-order chi connectivity index (χ0) is 18.0. The summed E-state index contributed by atoms with van der Waals surface area (Å²) >= 11 is 12.1. The highest BCUT2D eigenvalue weighted by Crippen LogP contribution is 2.30. The van der Waals surface area contributed by atoms with E-state index in [9.17, 15) is 9.70 Å². The quantitative estimate of drug-likeness (QED) is 0.683. The van der Waals surface area contributed by atoms with Crippen molar-refractivity contribution in [2.75, 3.05) is 12.4 Å². The van der Waals surface area contributed by atoms with Gasteiger partial charge in [0.2, 0.25) is 5.88 Å². The first-order valence-electron chi connectivity index (χ1n) is 7.00. The van der Waals surface area contributed by atoms with Gasteiger partial charge in [0.25, 0.3) is 5.91 Å². The fraction of sp³-hybridized carbons (Fsp3) is 0.133. The number of rotatable bonds is 5. The molecule has 128 valence electrons. The summed E-state index contributed by atoms with van der Waals surface area (Å²) in [6, 6.07) is 4.75. The number of carbonyl (C=O) groups excluding carboxylic acids is 1. The zero-order valence-corrected chi connectivity index (χ0v) is 14.4. The monoisotopic (exact) mass is 379 g/mol. The van der Waals surface area contributed by atoms with E-state index in [0.29, 0.717) is 22.7 Å². The van der Waals surface area contributed by atoms with Crippen LogP contribution in [0.4, 0.5) is 5.69 Å². The van der Waals surface area contributed by atoms with Crippen molar-refractivity contribution in [1.82, 2.24) is 14.6 Å². The van der Waals surface area contributed by atoms with E-state index in [-0.39, 0.29) is 22.3 Å². The number of ether oxygens (including phenoxy) is 1. The molecule has 0 spiro atoms. The number of nitroso groups, excluding NO2 is 1. The fourth-order valence-corrected chi connectivity index (χ4v) is 2.76. The molecule has 0 radical (unpaired) electrons. The van der Waals surface area contributed by atoms with E-state index < -0.39 is 5.91 Å². The molecule has 8 nitrogen and oxygen atoms in total. The van der Waals surface area contributed by atoms with Crippen LogP contribution in [0.5, 0.6) is 5.88 Å². The number of aromatic nitrogens is 3. The molecule has 0 saturated heterocycles. The Morgan fingerprint density at radius 1 is 1.32 bits per heavy atom. The van der Waals surface area contributed by atoms with Crippen LogP contribution in [0.3, 0.4) is 0 Å². The molecule has 0 atom stereocenters. The average Bonchev–Trinajstić information content (AvgIpc) is 3.01. The standard InChI is InChI=1S/C15H11Cl2N5O3/c1-25-13-3-2-9(12-4-8(5-19-24)21-22(12)13)15(23)20-14-10(16)6-18-7-11(14)17/h2-4,6-7H,5H2,1H3,(H,18,20,23). The number of nitrogens with one attached hydrogen (secondary N) is 1. The van der Waals surface area contributed by atoms with E-state index in [4.69, 9.17) is 27.9 Å². The van der Waals surface area contributed by atoms with Gasteiger partial charge in [-0.25, -0.2) is 0 Å². The molecule has 0 saturated carbocycles. The summed E-state index contributed by atoms with van der Waals surface area (Å²) in [7, 11) is 1.48. The lowest BCUT2D eigenvalue weighted by molar-refractivity contribution is 0.102. The number of halogens is 2. The SMILES string of the molecule is COc1ccc(C(=O)Nc2c(Cl)cncc2Cl)c2cc(CN=O)nn12. The molecule has 3 aromatic rings. The van der Waals surface area contributed by atoms with E-state index in [0.717, 1.165) is 0 Å². The van der Waals surface area contributed by atoms with E-state index in [2.05, 4.69) is 20.6 Å². The van der Waals surface area contributed by atoms with Gasteiger partial charge in [-0.3, -0.25) is 9.78 Å². The smallest absolute Gasteiger partial charge is 0.257 e. The molecule has 0 aliphatic rings. The lowest BCUT2D eigenvalue weighted by Gasteiger charge is -2.10. The molecule has 10 heteroatoms. The highest BCUT2D eigenvalue weighted by molar-refractivity contribution is 6.39. The summed E-state index contributed by atoms with van der Waals surface area (Å²) in [5.74, 6) is -0.0446. The van der Waals surface area contributed by atoms with Crippen molar-refractivity contribution in [3.05, 3.63) is 56.8 Å². The molecule has 0 bridgehead atoms. The Morgan fingerprint density at radius 2 is 2.04 bits per heavy atom. The molecular formula is C15H11Cl2N5O3. The van der Waals surface area contributed by atoms with E-state index in [1.165, 1.54) is 24.0 Å². The topological polar surface area (TPSA) is 98.0 Å². The van der Waals surface area contributed by atoms with E-state index >= 15 is 0 Å². The Morgan fingerprint density at radius 3 is 2.68 bits per heavy atom. The van der Waals surface area contributed by atoms with Gasteiger partial charge in [-0.15, -0.1) is 0 Å². The van der Waals surface area contributed by atoms with Crippen LogP contribution in [0.2, 0.25) is 10.0 Å². The van der Waals surface area contributed by atoms with Crippen LogP contribution in [-0.4, -0.2) is 27.6 Å². The van der Waals surface area contributed by atoms with Crippen LogP contribution in [0.15, 0.2) is 35.8 Å². The summed E-state index contributed by atoms with van der Waals surface area (Å²) in [5, 5.41) is 10.1. The van der Waals surface area contributed by atoms with Gasteiger partial charge in [-0.1, -0.05) is 28.4 Å². The minimum absolute atomic E-state index is 0.117. The average molecular weight is 380 g/mol. The summed E-state index contributed by atoms with van der Waals surface area (Å²) < 4.78 is 6.64. The van der Waals surface area contributed by atoms with Crippen LogP contribution in [-0.2, 0) is 6.54 Å². The van der Waals surface area contributed by atoms with Gasteiger partial charge in [-0.05, 0) is 12.1 Å². The van der Waals surface area contributed by atoms with Crippen LogP contribution >= 0.6 is 23.2 Å². The van der Waals surface area contributed by atoms with Crippen molar-refractivity contribution in [3.63, 3.8) is 0 Å². The second kappa shape index (κ2) is 7.04. The van der Waals surface area contributed by atoms with E-state index in [1.54, 1.807) is 18.2 Å². The molecule has 3 heterocycles. The van der Waals surface area contributed by atoms with Gasteiger partial charge < -0.3 is 10.1 Å². The van der Waals surface area contributed by atoms with Gasteiger partial charge in [0, 0.05) is 18.5 Å². The maximum atomic E-state index is 12.7. The van der Waals surface area contributed by atoms with Crippen molar-refractivity contribution in [3.8, 4) is 5.88 Å². The van der Waals surface area contributed by atoms with Crippen molar-refractivity contribution in [2.24, 2.45) is 5.18 Å². The second-order valence-corrected chi connectivity index (χ2v) is 5.76. The first-order valence-corrected chi connectivity index (χ1v) is 7.76. The molecule has 0 aliphatic heterocycles. The van der Waals surface area contributed by atoms with Gasteiger partial charge in [-0.2, -0.15) is 14.5 Å². The van der Waals surface area contributed by atoms with Crippen molar-refractivity contribution >= 4 is 40.3 Å². The molecule has 0 fully saturated rings. The molecule has 0 unspecified atom stereocenters. The van der Waals surface area contributed by atoms with Crippen LogP contribution in [0.1, 0.15) is 16.1 Å². The number of anilines is 1. The number of nitrogens with zero attached hydrogens (tertiary/aromatic N) is 4. The van der Waals surface area contributed by atoms with Gasteiger partial charge >= 0.3 is 0 Å². The summed E-state index contributed by atoms with van der Waals surface area (Å²) in [4.78, 5) is 27.0. The van der Waals surface area contributed by atoms with Crippen LogP contribution < -0.4 is 10.1 Å². The first kappa shape index (κ1) is 17.1. The normalized spacial score (nSPS) is 10.7. The largest absolute Gasteiger partial charge is 0.481 e. The highest BCUT2D eigenvalue weighted by Gasteiger charge is 2.18. The molecule has 0 aromatic carbocycles. The van der Waals surface area contributed by atoms with Gasteiger partial charge in [0.15, 0.2) is 0 Å². The fourth-order valence-electron chi connectivity index (χ4n) is 2.30. The molecule has 3 rings (SSSR count). The van der Waals surface area contributed by atoms with Crippen LogP contribution in [0.25, 0.3) is 5.52 Å². The Kier molecular flexibility index (Phi) is 4.82. The Bertz CT molecular complexity index is 953. The summed E-state index contributed by atoms with van der Waals surface area (Å²) in [5.41, 5.74) is 1.42. The lowest BCUT2D eigenvalue weighted by Crippen LogP contribution is -2.14. The maximum absolute atomic E-state index is 12.7. The van der Waals surface area contributed by atoms with E-state index in [1.807, 2.05) is 0 Å².